The summed E-state index contributed by atoms with van der Waals surface area (Å²) >= 11 is 0. The van der Waals surface area contributed by atoms with Crippen molar-refractivity contribution in [1.29, 1.82) is 5.26 Å². The van der Waals surface area contributed by atoms with E-state index in [0.717, 1.165) is 59.9 Å². The van der Waals surface area contributed by atoms with Gasteiger partial charge in [-0.3, -0.25) is 4.98 Å². The van der Waals surface area contributed by atoms with Crippen LogP contribution >= 0.6 is 0 Å². The van der Waals surface area contributed by atoms with Crippen molar-refractivity contribution in [3.63, 3.8) is 0 Å². The Hall–Kier alpha value is -3.77. The van der Waals surface area contributed by atoms with Gasteiger partial charge in [0.15, 0.2) is 0 Å². The van der Waals surface area contributed by atoms with Gasteiger partial charge < -0.3 is 10.1 Å². The second kappa shape index (κ2) is 8.40. The Kier molecular flexibility index (Phi) is 5.29. The molecule has 4 aromatic heterocycles. The molecule has 5 heterocycles. The highest BCUT2D eigenvalue weighted by Gasteiger charge is 2.20. The zero-order chi connectivity index (χ0) is 22.1. The summed E-state index contributed by atoms with van der Waals surface area (Å²) in [5.74, 6) is 0. The largest absolute Gasteiger partial charge is 0.382 e. The molecular formula is C23H24N8O. The Morgan fingerprint density at radius 1 is 1.16 bits per heavy atom. The minimum absolute atomic E-state index is 0.231. The van der Waals surface area contributed by atoms with E-state index < -0.39 is 0 Å². The molecule has 1 N–H and O–H groups in total. The number of fused-ring (bicyclic) bond motifs is 1. The second-order valence-electron chi connectivity index (χ2n) is 8.25. The van der Waals surface area contributed by atoms with Crippen LogP contribution in [-0.2, 0) is 4.74 Å². The lowest BCUT2D eigenvalue weighted by molar-refractivity contribution is 0.0657. The zero-order valence-corrected chi connectivity index (χ0v) is 18.1. The van der Waals surface area contributed by atoms with Gasteiger partial charge in [-0.05, 0) is 51.0 Å². The molecule has 1 fully saturated rings. The van der Waals surface area contributed by atoms with Crippen LogP contribution in [0, 0.1) is 11.3 Å². The Bertz CT molecular complexity index is 1290. The first kappa shape index (κ1) is 20.2. The third-order valence-electron chi connectivity index (χ3n) is 5.59. The Labute approximate surface area is 185 Å². The lowest BCUT2D eigenvalue weighted by Crippen LogP contribution is -2.19. The smallest absolute Gasteiger partial charge is 0.116 e. The van der Waals surface area contributed by atoms with Crippen LogP contribution in [0.15, 0.2) is 42.9 Å². The number of hydrogen-bond donors (Lipinski definition) is 1. The summed E-state index contributed by atoms with van der Waals surface area (Å²) in [7, 11) is 0. The predicted octanol–water partition coefficient (Wildman–Crippen LogP) is 3.70. The third kappa shape index (κ3) is 3.81. The van der Waals surface area contributed by atoms with E-state index in [1.807, 2.05) is 41.3 Å². The van der Waals surface area contributed by atoms with Crippen molar-refractivity contribution >= 4 is 11.2 Å². The van der Waals surface area contributed by atoms with Crippen LogP contribution < -0.4 is 5.32 Å². The first-order valence-corrected chi connectivity index (χ1v) is 10.8. The van der Waals surface area contributed by atoms with E-state index in [1.165, 1.54) is 0 Å². The molecule has 1 aliphatic heterocycles. The van der Waals surface area contributed by atoms with Crippen LogP contribution in [0.5, 0.6) is 0 Å². The summed E-state index contributed by atoms with van der Waals surface area (Å²) in [5, 5.41) is 25.9. The highest BCUT2D eigenvalue weighted by Crippen LogP contribution is 2.32. The molecule has 162 valence electrons. The molecule has 0 aliphatic carbocycles. The topological polar surface area (TPSA) is 106 Å². The zero-order valence-electron chi connectivity index (χ0n) is 18.1. The van der Waals surface area contributed by atoms with Gasteiger partial charge in [0, 0.05) is 36.7 Å². The number of nitriles is 1. The molecule has 0 atom stereocenters. The third-order valence-corrected chi connectivity index (χ3v) is 5.59. The molecule has 32 heavy (non-hydrogen) atoms. The van der Waals surface area contributed by atoms with E-state index >= 15 is 0 Å². The average Bonchev–Trinajstić information content (AvgIpc) is 3.46. The Morgan fingerprint density at radius 2 is 2.00 bits per heavy atom. The van der Waals surface area contributed by atoms with Gasteiger partial charge in [-0.25, -0.2) is 9.20 Å². The molecule has 5 rings (SSSR count). The number of pyridine rings is 1. The normalized spacial score (nSPS) is 14.7. The molecule has 1 saturated heterocycles. The van der Waals surface area contributed by atoms with Gasteiger partial charge in [0.1, 0.15) is 11.8 Å². The van der Waals surface area contributed by atoms with Gasteiger partial charge in [0.05, 0.1) is 40.9 Å². The molecule has 9 heteroatoms. The van der Waals surface area contributed by atoms with Crippen molar-refractivity contribution in [2.24, 2.45) is 0 Å². The minimum Gasteiger partial charge on any atom is -0.382 e. The van der Waals surface area contributed by atoms with Gasteiger partial charge in [-0.2, -0.15) is 10.4 Å². The molecule has 0 radical (unpaired) electrons. The van der Waals surface area contributed by atoms with Gasteiger partial charge in [0.25, 0.3) is 0 Å². The van der Waals surface area contributed by atoms with E-state index in [2.05, 4.69) is 40.6 Å². The lowest BCUT2D eigenvalue weighted by atomic mass is 10.1. The number of anilines is 1. The first-order valence-electron chi connectivity index (χ1n) is 10.8. The molecule has 0 saturated carbocycles. The monoisotopic (exact) mass is 428 g/mol. The number of ether oxygens (including phenoxy) is 1. The van der Waals surface area contributed by atoms with E-state index in [0.29, 0.717) is 11.6 Å². The van der Waals surface area contributed by atoms with Gasteiger partial charge in [0.2, 0.25) is 0 Å². The molecule has 0 amide bonds. The molecular weight excluding hydrogens is 404 g/mol. The van der Waals surface area contributed by atoms with Crippen LogP contribution in [0.4, 0.5) is 5.69 Å². The Balaban J connectivity index is 1.53. The summed E-state index contributed by atoms with van der Waals surface area (Å²) in [6.07, 6.45) is 7.28. The molecule has 9 nitrogen and oxygen atoms in total. The number of hydrogen-bond acceptors (Lipinski definition) is 7. The van der Waals surface area contributed by atoms with Crippen molar-refractivity contribution in [2.75, 3.05) is 18.5 Å². The average molecular weight is 429 g/mol. The van der Waals surface area contributed by atoms with E-state index in [1.54, 1.807) is 10.7 Å². The predicted molar refractivity (Wildman–Crippen MR) is 120 cm³/mol. The fraction of sp³-hybridized carbons (Fsp3) is 0.348. The maximum absolute atomic E-state index is 9.13. The SMILES string of the molecule is CC(C)Nc1cc(-c2ccc3cc(C#N)cnn23)ncc1-c1cn(C2CCOCC2)nn1. The van der Waals surface area contributed by atoms with E-state index in [-0.39, 0.29) is 6.04 Å². The van der Waals surface area contributed by atoms with Gasteiger partial charge in [-0.1, -0.05) is 5.21 Å². The van der Waals surface area contributed by atoms with Crippen molar-refractivity contribution in [2.45, 2.75) is 38.8 Å². The van der Waals surface area contributed by atoms with Gasteiger partial charge >= 0.3 is 0 Å². The van der Waals surface area contributed by atoms with Crippen LogP contribution in [0.25, 0.3) is 28.2 Å². The standard InChI is InChI=1S/C23H24N8O/c1-15(2)27-20-10-21(23-4-3-18-9-16(11-24)12-26-31(18)23)25-13-19(20)22-14-30(29-28-22)17-5-7-32-8-6-17/h3-4,9-10,12-15,17H,5-8H2,1-2H3,(H,25,27). The number of rotatable bonds is 5. The molecule has 0 spiro atoms. The fourth-order valence-corrected chi connectivity index (χ4v) is 4.01. The van der Waals surface area contributed by atoms with Crippen molar-refractivity contribution in [3.05, 3.63) is 48.4 Å². The first-order chi connectivity index (χ1) is 15.6. The second-order valence-corrected chi connectivity index (χ2v) is 8.25. The molecule has 0 bridgehead atoms. The van der Waals surface area contributed by atoms with E-state index in [4.69, 9.17) is 15.0 Å². The van der Waals surface area contributed by atoms with E-state index in [9.17, 15) is 0 Å². The van der Waals surface area contributed by atoms with Crippen molar-refractivity contribution in [1.82, 2.24) is 29.6 Å². The summed E-state index contributed by atoms with van der Waals surface area (Å²) in [6, 6.07) is 10.4. The van der Waals surface area contributed by atoms with Crippen molar-refractivity contribution < 1.29 is 4.74 Å². The van der Waals surface area contributed by atoms with Crippen LogP contribution in [0.2, 0.25) is 0 Å². The minimum atomic E-state index is 0.231. The molecule has 4 aromatic rings. The van der Waals surface area contributed by atoms with Crippen LogP contribution in [0.3, 0.4) is 0 Å². The maximum Gasteiger partial charge on any atom is 0.116 e. The highest BCUT2D eigenvalue weighted by molar-refractivity contribution is 5.78. The van der Waals surface area contributed by atoms with Gasteiger partial charge in [-0.15, -0.1) is 5.10 Å². The summed E-state index contributed by atoms with van der Waals surface area (Å²) in [5.41, 5.74) is 5.65. The van der Waals surface area contributed by atoms with Crippen LogP contribution in [-0.4, -0.2) is 48.8 Å². The Morgan fingerprint density at radius 3 is 2.78 bits per heavy atom. The number of aromatic nitrogens is 6. The molecule has 1 aliphatic rings. The lowest BCUT2D eigenvalue weighted by Gasteiger charge is -2.21. The summed E-state index contributed by atoms with van der Waals surface area (Å²) in [6.45, 7) is 5.71. The number of nitrogens with zero attached hydrogens (tertiary/aromatic N) is 7. The quantitative estimate of drug-likeness (QED) is 0.516. The number of nitrogens with one attached hydrogen (secondary N) is 1. The van der Waals surface area contributed by atoms with Crippen LogP contribution in [0.1, 0.15) is 38.3 Å². The fourth-order valence-electron chi connectivity index (χ4n) is 4.01. The molecule has 0 aromatic carbocycles. The summed E-state index contributed by atoms with van der Waals surface area (Å²) < 4.78 is 9.20. The van der Waals surface area contributed by atoms with Crippen molar-refractivity contribution in [3.8, 4) is 28.7 Å². The maximum atomic E-state index is 9.13. The highest BCUT2D eigenvalue weighted by atomic mass is 16.5. The molecule has 0 unspecified atom stereocenters. The summed E-state index contributed by atoms with van der Waals surface area (Å²) in [4.78, 5) is 4.72.